The molecular weight excluding hydrogens is 242 g/mol. The number of ether oxygens (including phenoxy) is 1. The van der Waals surface area contributed by atoms with E-state index in [1.54, 1.807) is 13.8 Å². The zero-order chi connectivity index (χ0) is 13.0. The number of likely N-dealkylation sites (tertiary alicyclic amines) is 1. The Morgan fingerprint density at radius 2 is 2.24 bits per heavy atom. The third-order valence-electron chi connectivity index (χ3n) is 2.67. The van der Waals surface area contributed by atoms with E-state index >= 15 is 0 Å². The molecule has 0 aromatic heterocycles. The Labute approximate surface area is 105 Å². The number of hydrogen-bond donors (Lipinski definition) is 0. The summed E-state index contributed by atoms with van der Waals surface area (Å²) in [6.45, 7) is 3.94. The Morgan fingerprint density at radius 3 is 2.71 bits per heavy atom. The van der Waals surface area contributed by atoms with Crippen LogP contribution in [-0.2, 0) is 19.1 Å². The van der Waals surface area contributed by atoms with Crippen LogP contribution in [-0.4, -0.2) is 47.3 Å². The first-order chi connectivity index (χ1) is 8.01. The van der Waals surface area contributed by atoms with Gasteiger partial charge in [-0.2, -0.15) is 0 Å². The minimum absolute atomic E-state index is 0.124. The van der Waals surface area contributed by atoms with E-state index in [0.29, 0.717) is 12.3 Å². The molecule has 2 unspecified atom stereocenters. The SMILES string of the molecule is CCN1C(=O)CC(SCC(C)C(=O)OC)C1=O. The number of carbonyl (C=O) groups is 3. The van der Waals surface area contributed by atoms with Crippen LogP contribution >= 0.6 is 11.8 Å². The van der Waals surface area contributed by atoms with E-state index in [2.05, 4.69) is 4.74 Å². The molecule has 1 aliphatic heterocycles. The van der Waals surface area contributed by atoms with Crippen LogP contribution in [0.3, 0.4) is 0 Å². The lowest BCUT2D eigenvalue weighted by Gasteiger charge is -2.13. The van der Waals surface area contributed by atoms with Crippen LogP contribution in [0.5, 0.6) is 0 Å². The first kappa shape index (κ1) is 14.0. The summed E-state index contributed by atoms with van der Waals surface area (Å²) in [4.78, 5) is 35.7. The Morgan fingerprint density at radius 1 is 1.59 bits per heavy atom. The fourth-order valence-electron chi connectivity index (χ4n) is 1.64. The Bertz CT molecular complexity index is 331. The van der Waals surface area contributed by atoms with Crippen molar-refractivity contribution in [3.05, 3.63) is 0 Å². The average Bonchev–Trinajstić information content (AvgIpc) is 2.59. The molecule has 0 spiro atoms. The summed E-state index contributed by atoms with van der Waals surface area (Å²) in [6.07, 6.45) is 0.241. The normalized spacial score (nSPS) is 21.8. The van der Waals surface area contributed by atoms with Gasteiger partial charge < -0.3 is 4.74 Å². The highest BCUT2D eigenvalue weighted by atomic mass is 32.2. The number of amides is 2. The summed E-state index contributed by atoms with van der Waals surface area (Å²) in [7, 11) is 1.34. The smallest absolute Gasteiger partial charge is 0.309 e. The molecule has 1 heterocycles. The summed E-state index contributed by atoms with van der Waals surface area (Å²) in [6, 6.07) is 0. The lowest BCUT2D eigenvalue weighted by Crippen LogP contribution is -2.31. The minimum atomic E-state index is -0.338. The molecule has 0 bridgehead atoms. The van der Waals surface area contributed by atoms with Gasteiger partial charge in [0, 0.05) is 18.7 Å². The van der Waals surface area contributed by atoms with Crippen molar-refractivity contribution in [3.63, 3.8) is 0 Å². The lowest BCUT2D eigenvalue weighted by atomic mass is 10.2. The summed E-state index contributed by atoms with van der Waals surface area (Å²) < 4.78 is 4.60. The fourth-order valence-corrected chi connectivity index (χ4v) is 2.83. The molecule has 1 aliphatic rings. The maximum atomic E-state index is 11.8. The van der Waals surface area contributed by atoms with Crippen LogP contribution < -0.4 is 0 Å². The van der Waals surface area contributed by atoms with Crippen LogP contribution in [0, 0.1) is 5.92 Å². The van der Waals surface area contributed by atoms with Gasteiger partial charge in [-0.15, -0.1) is 11.8 Å². The van der Waals surface area contributed by atoms with Crippen LogP contribution in [0.15, 0.2) is 0 Å². The zero-order valence-electron chi connectivity index (χ0n) is 10.3. The van der Waals surface area contributed by atoms with Gasteiger partial charge in [-0.3, -0.25) is 19.3 Å². The monoisotopic (exact) mass is 259 g/mol. The number of imide groups is 1. The van der Waals surface area contributed by atoms with Gasteiger partial charge in [0.2, 0.25) is 11.8 Å². The van der Waals surface area contributed by atoms with Gasteiger partial charge in [-0.05, 0) is 6.92 Å². The van der Waals surface area contributed by atoms with Crippen molar-refractivity contribution in [2.75, 3.05) is 19.4 Å². The molecule has 2 amide bonds. The fraction of sp³-hybridized carbons (Fsp3) is 0.727. The van der Waals surface area contributed by atoms with Gasteiger partial charge >= 0.3 is 5.97 Å². The van der Waals surface area contributed by atoms with Crippen LogP contribution in [0.4, 0.5) is 0 Å². The molecule has 1 fully saturated rings. The molecule has 0 saturated carbocycles. The van der Waals surface area contributed by atoms with E-state index in [1.165, 1.54) is 23.8 Å². The highest BCUT2D eigenvalue weighted by molar-refractivity contribution is 8.00. The zero-order valence-corrected chi connectivity index (χ0v) is 11.1. The van der Waals surface area contributed by atoms with E-state index < -0.39 is 0 Å². The van der Waals surface area contributed by atoms with Crippen molar-refractivity contribution in [2.45, 2.75) is 25.5 Å². The number of carbonyl (C=O) groups excluding carboxylic acids is 3. The standard InChI is InChI=1S/C11H17NO4S/c1-4-12-9(13)5-8(10(12)14)17-6-7(2)11(15)16-3/h7-8H,4-6H2,1-3H3. The van der Waals surface area contributed by atoms with Crippen molar-refractivity contribution >= 4 is 29.5 Å². The molecule has 17 heavy (non-hydrogen) atoms. The summed E-state index contributed by atoms with van der Waals surface area (Å²) in [5.74, 6) is -0.320. The van der Waals surface area contributed by atoms with E-state index in [-0.39, 0.29) is 35.4 Å². The summed E-state index contributed by atoms with van der Waals surface area (Å²) in [5, 5.41) is -0.338. The van der Waals surface area contributed by atoms with Crippen molar-refractivity contribution < 1.29 is 19.1 Å². The topological polar surface area (TPSA) is 63.7 Å². The predicted molar refractivity (Wildman–Crippen MR) is 64.4 cm³/mol. The molecule has 0 aromatic carbocycles. The van der Waals surface area contributed by atoms with Gasteiger partial charge in [0.25, 0.3) is 0 Å². The minimum Gasteiger partial charge on any atom is -0.469 e. The van der Waals surface area contributed by atoms with Crippen molar-refractivity contribution in [1.82, 2.24) is 4.90 Å². The van der Waals surface area contributed by atoms with Gasteiger partial charge in [0.05, 0.1) is 18.3 Å². The molecule has 6 heteroatoms. The maximum Gasteiger partial charge on any atom is 0.309 e. The number of hydrogen-bond acceptors (Lipinski definition) is 5. The molecule has 1 rings (SSSR count). The Kier molecular flexibility index (Phi) is 4.99. The third kappa shape index (κ3) is 3.21. The number of esters is 1. The van der Waals surface area contributed by atoms with Gasteiger partial charge in [0.15, 0.2) is 0 Å². The van der Waals surface area contributed by atoms with Crippen LogP contribution in [0.25, 0.3) is 0 Å². The van der Waals surface area contributed by atoms with Gasteiger partial charge in [-0.1, -0.05) is 6.92 Å². The van der Waals surface area contributed by atoms with Crippen LogP contribution in [0.1, 0.15) is 20.3 Å². The lowest BCUT2D eigenvalue weighted by molar-refractivity contribution is -0.144. The second-order valence-electron chi connectivity index (χ2n) is 3.93. The van der Waals surface area contributed by atoms with E-state index in [1.807, 2.05) is 0 Å². The van der Waals surface area contributed by atoms with Crippen molar-refractivity contribution in [3.8, 4) is 0 Å². The first-order valence-corrected chi connectivity index (χ1v) is 6.59. The molecule has 0 radical (unpaired) electrons. The van der Waals surface area contributed by atoms with Gasteiger partial charge in [-0.25, -0.2) is 0 Å². The largest absolute Gasteiger partial charge is 0.469 e. The second kappa shape index (κ2) is 6.05. The quantitative estimate of drug-likeness (QED) is 0.536. The molecule has 96 valence electrons. The van der Waals surface area contributed by atoms with E-state index in [4.69, 9.17) is 0 Å². The average molecular weight is 259 g/mol. The second-order valence-corrected chi connectivity index (χ2v) is 5.16. The maximum absolute atomic E-state index is 11.8. The predicted octanol–water partition coefficient (Wildman–Crippen LogP) is 0.676. The highest BCUT2D eigenvalue weighted by Gasteiger charge is 2.38. The number of methoxy groups -OCH3 is 1. The summed E-state index contributed by atoms with van der Waals surface area (Å²) >= 11 is 1.35. The van der Waals surface area contributed by atoms with Crippen molar-refractivity contribution in [2.24, 2.45) is 5.92 Å². The van der Waals surface area contributed by atoms with E-state index in [9.17, 15) is 14.4 Å². The Hall–Kier alpha value is -1.04. The molecular formula is C11H17NO4S. The summed E-state index contributed by atoms with van der Waals surface area (Å²) in [5.41, 5.74) is 0. The van der Waals surface area contributed by atoms with Crippen LogP contribution in [0.2, 0.25) is 0 Å². The van der Waals surface area contributed by atoms with E-state index in [0.717, 1.165) is 0 Å². The van der Waals surface area contributed by atoms with Gasteiger partial charge in [0.1, 0.15) is 0 Å². The highest BCUT2D eigenvalue weighted by Crippen LogP contribution is 2.26. The molecule has 0 aromatic rings. The third-order valence-corrected chi connectivity index (χ3v) is 4.13. The molecule has 0 N–H and O–H groups in total. The Balaban J connectivity index is 2.46. The number of nitrogens with zero attached hydrogens (tertiary/aromatic N) is 1. The number of thioether (sulfide) groups is 1. The molecule has 0 aliphatic carbocycles. The van der Waals surface area contributed by atoms with Crippen molar-refractivity contribution in [1.29, 1.82) is 0 Å². The number of rotatable bonds is 5. The molecule has 2 atom stereocenters. The first-order valence-electron chi connectivity index (χ1n) is 5.54. The molecule has 5 nitrogen and oxygen atoms in total. The molecule has 1 saturated heterocycles.